The molecule has 0 aliphatic carbocycles. The summed E-state index contributed by atoms with van der Waals surface area (Å²) in [5, 5.41) is 13.9. The van der Waals surface area contributed by atoms with E-state index in [2.05, 4.69) is 24.1 Å². The molecule has 2 atom stereocenters. The predicted molar refractivity (Wildman–Crippen MR) is 63.4 cm³/mol. The van der Waals surface area contributed by atoms with E-state index < -0.39 is 4.92 Å². The van der Waals surface area contributed by atoms with Crippen LogP contribution in [-0.2, 0) is 0 Å². The average Bonchev–Trinajstić information content (AvgIpc) is 2.28. The number of nitro groups is 1. The fourth-order valence-corrected chi connectivity index (χ4v) is 1.40. The average molecular weight is 223 g/mol. The van der Waals surface area contributed by atoms with Crippen LogP contribution in [0.15, 0.2) is 18.3 Å². The molecule has 0 amide bonds. The lowest BCUT2D eigenvalue weighted by Gasteiger charge is -2.20. The molecule has 0 aliphatic heterocycles. The number of anilines is 1. The Morgan fingerprint density at radius 2 is 2.25 bits per heavy atom. The molecule has 0 radical (unpaired) electrons. The van der Waals surface area contributed by atoms with Crippen molar-refractivity contribution in [3.8, 4) is 0 Å². The Balaban J connectivity index is 2.84. The van der Waals surface area contributed by atoms with E-state index in [9.17, 15) is 10.1 Å². The van der Waals surface area contributed by atoms with Crippen LogP contribution in [0.1, 0.15) is 27.2 Å². The van der Waals surface area contributed by atoms with Crippen molar-refractivity contribution in [3.05, 3.63) is 28.4 Å². The van der Waals surface area contributed by atoms with Gasteiger partial charge in [-0.1, -0.05) is 20.3 Å². The third-order valence-electron chi connectivity index (χ3n) is 2.84. The molecule has 0 saturated carbocycles. The third-order valence-corrected chi connectivity index (χ3v) is 2.84. The van der Waals surface area contributed by atoms with E-state index in [1.54, 1.807) is 12.1 Å². The van der Waals surface area contributed by atoms with Crippen molar-refractivity contribution in [2.24, 2.45) is 5.92 Å². The third kappa shape index (κ3) is 2.92. The Bertz CT molecular complexity index is 368. The molecule has 0 aliphatic rings. The van der Waals surface area contributed by atoms with Gasteiger partial charge in [-0.15, -0.1) is 0 Å². The van der Waals surface area contributed by atoms with Gasteiger partial charge in [-0.2, -0.15) is 0 Å². The Labute approximate surface area is 95.0 Å². The van der Waals surface area contributed by atoms with E-state index >= 15 is 0 Å². The van der Waals surface area contributed by atoms with Crippen LogP contribution in [0.3, 0.4) is 0 Å². The van der Waals surface area contributed by atoms with Gasteiger partial charge < -0.3 is 15.4 Å². The lowest BCUT2D eigenvalue weighted by Crippen LogP contribution is -2.23. The Kier molecular flexibility index (Phi) is 4.22. The monoisotopic (exact) mass is 223 g/mol. The molecular formula is C11H17N3O2. The molecule has 5 nitrogen and oxygen atoms in total. The van der Waals surface area contributed by atoms with Gasteiger partial charge in [0.05, 0.1) is 0 Å². The number of hydrogen-bond acceptors (Lipinski definition) is 4. The largest absolute Gasteiger partial charge is 0.386 e. The van der Waals surface area contributed by atoms with Gasteiger partial charge in [0.15, 0.2) is 0 Å². The Morgan fingerprint density at radius 1 is 1.56 bits per heavy atom. The minimum atomic E-state index is -0.467. The molecule has 0 saturated heterocycles. The van der Waals surface area contributed by atoms with Gasteiger partial charge in [-0.3, -0.25) is 0 Å². The topological polar surface area (TPSA) is 68.1 Å². The molecule has 1 aromatic heterocycles. The number of hydrogen-bond donors (Lipinski definition) is 1. The molecule has 0 aromatic carbocycles. The van der Waals surface area contributed by atoms with Gasteiger partial charge in [0, 0.05) is 6.04 Å². The van der Waals surface area contributed by atoms with E-state index in [0.717, 1.165) is 6.42 Å². The van der Waals surface area contributed by atoms with Crippen molar-refractivity contribution >= 4 is 11.5 Å². The highest BCUT2D eigenvalue weighted by atomic mass is 16.6. The fraction of sp³-hybridized carbons (Fsp3) is 0.545. The fourth-order valence-electron chi connectivity index (χ4n) is 1.40. The predicted octanol–water partition coefficient (Wildman–Crippen LogP) is 2.84. The summed E-state index contributed by atoms with van der Waals surface area (Å²) in [4.78, 5) is 14.0. The van der Waals surface area contributed by atoms with E-state index in [1.165, 1.54) is 6.20 Å². The van der Waals surface area contributed by atoms with Gasteiger partial charge >= 0.3 is 5.82 Å². The summed E-state index contributed by atoms with van der Waals surface area (Å²) in [6.07, 6.45) is 2.46. The second-order valence-corrected chi connectivity index (χ2v) is 3.95. The molecule has 0 spiro atoms. The first-order chi connectivity index (χ1) is 7.56. The van der Waals surface area contributed by atoms with Crippen LogP contribution in [0.5, 0.6) is 0 Å². The van der Waals surface area contributed by atoms with Gasteiger partial charge in [0.2, 0.25) is 0 Å². The minimum Gasteiger partial charge on any atom is -0.375 e. The summed E-state index contributed by atoms with van der Waals surface area (Å²) in [5.41, 5.74) is 0.486. The van der Waals surface area contributed by atoms with Crippen LogP contribution in [0.4, 0.5) is 11.5 Å². The van der Waals surface area contributed by atoms with Crippen LogP contribution >= 0.6 is 0 Å². The highest BCUT2D eigenvalue weighted by molar-refractivity contribution is 5.57. The second kappa shape index (κ2) is 5.44. The first-order valence-electron chi connectivity index (χ1n) is 5.42. The molecule has 1 rings (SSSR count). The van der Waals surface area contributed by atoms with Crippen molar-refractivity contribution in [3.63, 3.8) is 0 Å². The van der Waals surface area contributed by atoms with E-state index in [4.69, 9.17) is 0 Å². The molecule has 1 heterocycles. The van der Waals surface area contributed by atoms with Gasteiger partial charge in [0.25, 0.3) is 0 Å². The molecular weight excluding hydrogens is 206 g/mol. The normalized spacial score (nSPS) is 14.2. The highest BCUT2D eigenvalue weighted by Crippen LogP contribution is 2.22. The molecule has 1 N–H and O–H groups in total. The van der Waals surface area contributed by atoms with Crippen molar-refractivity contribution in [1.82, 2.24) is 4.98 Å². The quantitative estimate of drug-likeness (QED) is 0.615. The summed E-state index contributed by atoms with van der Waals surface area (Å²) in [6.45, 7) is 6.23. The van der Waals surface area contributed by atoms with Crippen molar-refractivity contribution < 1.29 is 4.92 Å². The van der Waals surface area contributed by atoms with Crippen molar-refractivity contribution in [2.45, 2.75) is 33.2 Å². The standard InChI is InChI=1S/C11H17N3O2/c1-4-8(2)9(3)13-10-6-5-7-12-11(10)14(15)16/h5-9,13H,4H2,1-3H3. The lowest BCUT2D eigenvalue weighted by atomic mass is 10.0. The zero-order chi connectivity index (χ0) is 12.1. The second-order valence-electron chi connectivity index (χ2n) is 3.95. The maximum absolute atomic E-state index is 10.7. The van der Waals surface area contributed by atoms with Crippen molar-refractivity contribution in [2.75, 3.05) is 5.32 Å². The Hall–Kier alpha value is -1.65. The van der Waals surface area contributed by atoms with Gasteiger partial charge in [-0.05, 0) is 34.9 Å². The SMILES string of the molecule is CCC(C)C(C)Nc1cccnc1[N+](=O)[O-]. The molecule has 5 heteroatoms. The maximum atomic E-state index is 10.7. The maximum Gasteiger partial charge on any atom is 0.386 e. The van der Waals surface area contributed by atoms with Gasteiger partial charge in [-0.25, -0.2) is 0 Å². The van der Waals surface area contributed by atoms with E-state index in [1.807, 2.05) is 6.92 Å². The number of nitrogens with one attached hydrogen (secondary N) is 1. The summed E-state index contributed by atoms with van der Waals surface area (Å²) in [5.74, 6) is 0.345. The first-order valence-corrected chi connectivity index (χ1v) is 5.42. The summed E-state index contributed by atoms with van der Waals surface area (Å²) in [6, 6.07) is 3.57. The van der Waals surface area contributed by atoms with Crippen LogP contribution in [-0.4, -0.2) is 15.9 Å². The smallest absolute Gasteiger partial charge is 0.375 e. The van der Waals surface area contributed by atoms with Crippen molar-refractivity contribution in [1.29, 1.82) is 0 Å². The first kappa shape index (κ1) is 12.4. The number of rotatable bonds is 5. The lowest BCUT2D eigenvalue weighted by molar-refractivity contribution is -0.388. The molecule has 2 unspecified atom stereocenters. The summed E-state index contributed by atoms with van der Waals surface area (Å²) in [7, 11) is 0. The van der Waals surface area contributed by atoms with Crippen LogP contribution in [0.25, 0.3) is 0 Å². The van der Waals surface area contributed by atoms with Crippen LogP contribution < -0.4 is 5.32 Å². The van der Waals surface area contributed by atoms with Crippen LogP contribution in [0, 0.1) is 16.0 Å². The molecule has 16 heavy (non-hydrogen) atoms. The number of aromatic nitrogens is 1. The zero-order valence-electron chi connectivity index (χ0n) is 9.80. The summed E-state index contributed by atoms with van der Waals surface area (Å²) >= 11 is 0. The molecule has 1 aromatic rings. The minimum absolute atomic E-state index is 0.113. The van der Waals surface area contributed by atoms with E-state index in [-0.39, 0.29) is 11.9 Å². The zero-order valence-corrected chi connectivity index (χ0v) is 9.80. The number of nitrogens with zero attached hydrogens (tertiary/aromatic N) is 2. The molecule has 0 bridgehead atoms. The Morgan fingerprint density at radius 3 is 2.81 bits per heavy atom. The van der Waals surface area contributed by atoms with Crippen LogP contribution in [0.2, 0.25) is 0 Å². The highest BCUT2D eigenvalue weighted by Gasteiger charge is 2.17. The molecule has 88 valence electrons. The van der Waals surface area contributed by atoms with Gasteiger partial charge in [0.1, 0.15) is 11.9 Å². The summed E-state index contributed by atoms with van der Waals surface area (Å²) < 4.78 is 0. The number of pyridine rings is 1. The molecule has 0 fully saturated rings. The van der Waals surface area contributed by atoms with E-state index in [0.29, 0.717) is 11.6 Å².